The second kappa shape index (κ2) is 13.9. The quantitative estimate of drug-likeness (QED) is 0.271. The largest absolute Gasteiger partial charge is 0.357 e. The van der Waals surface area contributed by atoms with Gasteiger partial charge in [0.05, 0.1) is 12.6 Å². The average molecular weight is 520 g/mol. The van der Waals surface area contributed by atoms with Crippen LogP contribution in [0.4, 0.5) is 0 Å². The summed E-state index contributed by atoms with van der Waals surface area (Å²) >= 11 is 1.75. The van der Waals surface area contributed by atoms with Crippen LogP contribution in [0.2, 0.25) is 0 Å². The molecular formula is C19H34IN7S. The van der Waals surface area contributed by atoms with Crippen molar-refractivity contribution in [2.75, 3.05) is 32.7 Å². The number of hydrogen-bond acceptors (Lipinski definition) is 5. The Bertz CT molecular complexity index is 668. The third-order valence-electron chi connectivity index (χ3n) is 4.60. The third kappa shape index (κ3) is 7.32. The second-order valence-corrected chi connectivity index (χ2v) is 7.01. The molecule has 0 bridgehead atoms. The number of rotatable bonds is 11. The summed E-state index contributed by atoms with van der Waals surface area (Å²) in [5, 5.41) is 19.3. The molecule has 0 aliphatic heterocycles. The van der Waals surface area contributed by atoms with E-state index < -0.39 is 0 Å². The lowest BCUT2D eigenvalue weighted by atomic mass is 10.1. The minimum absolute atomic E-state index is 0. The van der Waals surface area contributed by atoms with Crippen molar-refractivity contribution in [2.24, 2.45) is 4.99 Å². The highest BCUT2D eigenvalue weighted by Crippen LogP contribution is 2.23. The summed E-state index contributed by atoms with van der Waals surface area (Å²) in [6.45, 7) is 13.8. The van der Waals surface area contributed by atoms with E-state index in [1.54, 1.807) is 17.7 Å². The molecule has 28 heavy (non-hydrogen) atoms. The Balaban J connectivity index is 0.00000392. The van der Waals surface area contributed by atoms with Gasteiger partial charge in [-0.15, -0.1) is 34.2 Å². The van der Waals surface area contributed by atoms with Crippen LogP contribution < -0.4 is 10.6 Å². The molecule has 0 radical (unpaired) electrons. The van der Waals surface area contributed by atoms with Crippen molar-refractivity contribution in [3.8, 4) is 0 Å². The number of aryl methyl sites for hydroxylation is 1. The molecule has 0 saturated heterocycles. The molecule has 2 aromatic heterocycles. The maximum absolute atomic E-state index is 4.86. The fraction of sp³-hybridized carbons (Fsp3) is 0.632. The highest BCUT2D eigenvalue weighted by atomic mass is 127. The van der Waals surface area contributed by atoms with Crippen LogP contribution in [0.5, 0.6) is 0 Å². The summed E-state index contributed by atoms with van der Waals surface area (Å²) < 4.78 is 2.08. The smallest absolute Gasteiger partial charge is 0.191 e. The number of nitrogens with one attached hydrogen (secondary N) is 2. The van der Waals surface area contributed by atoms with Gasteiger partial charge in [-0.1, -0.05) is 20.8 Å². The van der Waals surface area contributed by atoms with Crippen molar-refractivity contribution < 1.29 is 0 Å². The first kappa shape index (κ1) is 24.8. The first-order valence-corrected chi connectivity index (χ1v) is 10.8. The van der Waals surface area contributed by atoms with E-state index in [9.17, 15) is 0 Å². The van der Waals surface area contributed by atoms with Gasteiger partial charge in [-0.25, -0.2) is 0 Å². The Labute approximate surface area is 190 Å². The van der Waals surface area contributed by atoms with E-state index in [2.05, 4.69) is 74.8 Å². The summed E-state index contributed by atoms with van der Waals surface area (Å²) in [5.41, 5.74) is 1.35. The number of aromatic nitrogens is 3. The van der Waals surface area contributed by atoms with Crippen LogP contribution >= 0.6 is 35.3 Å². The van der Waals surface area contributed by atoms with Gasteiger partial charge in [0.15, 0.2) is 5.96 Å². The number of guanidine groups is 1. The number of hydrogen-bond donors (Lipinski definition) is 2. The third-order valence-corrected chi connectivity index (χ3v) is 5.31. The van der Waals surface area contributed by atoms with Gasteiger partial charge in [0.2, 0.25) is 0 Å². The van der Waals surface area contributed by atoms with Gasteiger partial charge >= 0.3 is 0 Å². The summed E-state index contributed by atoms with van der Waals surface area (Å²) in [6.07, 6.45) is 2.68. The fourth-order valence-electron chi connectivity index (χ4n) is 3.11. The van der Waals surface area contributed by atoms with E-state index in [0.717, 1.165) is 57.5 Å². The zero-order chi connectivity index (χ0) is 19.5. The predicted octanol–water partition coefficient (Wildman–Crippen LogP) is 3.16. The van der Waals surface area contributed by atoms with Crippen LogP contribution in [0.1, 0.15) is 45.1 Å². The highest BCUT2D eigenvalue weighted by Gasteiger charge is 2.18. The van der Waals surface area contributed by atoms with Crippen molar-refractivity contribution in [1.29, 1.82) is 0 Å². The van der Waals surface area contributed by atoms with Gasteiger partial charge in [-0.3, -0.25) is 9.89 Å². The number of nitrogens with zero attached hydrogens (tertiary/aromatic N) is 5. The minimum atomic E-state index is 0. The molecule has 1 atom stereocenters. The predicted molar refractivity (Wildman–Crippen MR) is 129 cm³/mol. The lowest BCUT2D eigenvalue weighted by Crippen LogP contribution is -2.40. The van der Waals surface area contributed by atoms with Crippen LogP contribution in [0.3, 0.4) is 0 Å². The zero-order valence-corrected chi connectivity index (χ0v) is 20.5. The molecule has 0 spiro atoms. The zero-order valence-electron chi connectivity index (χ0n) is 17.4. The van der Waals surface area contributed by atoms with Gasteiger partial charge in [0.1, 0.15) is 12.2 Å². The molecule has 0 saturated carbocycles. The van der Waals surface area contributed by atoms with Gasteiger partial charge < -0.3 is 15.2 Å². The van der Waals surface area contributed by atoms with Gasteiger partial charge in [-0.2, -0.15) is 11.3 Å². The normalized spacial score (nSPS) is 12.7. The summed E-state index contributed by atoms with van der Waals surface area (Å²) in [7, 11) is 0. The Morgan fingerprint density at radius 3 is 2.64 bits per heavy atom. The molecular weight excluding hydrogens is 485 g/mol. The maximum Gasteiger partial charge on any atom is 0.191 e. The SMILES string of the molecule is CCNC(=NCC(c1ccsc1)N(CC)CC)NCCn1cnnc1CC.I. The number of likely N-dealkylation sites (N-methyl/N-ethyl adjacent to an activating group) is 1. The van der Waals surface area contributed by atoms with E-state index in [0.29, 0.717) is 6.04 Å². The van der Waals surface area contributed by atoms with E-state index >= 15 is 0 Å². The number of thiophene rings is 1. The Morgan fingerprint density at radius 1 is 1.25 bits per heavy atom. The second-order valence-electron chi connectivity index (χ2n) is 6.23. The topological polar surface area (TPSA) is 70.4 Å². The molecule has 0 aromatic carbocycles. The lowest BCUT2D eigenvalue weighted by Gasteiger charge is -2.28. The lowest BCUT2D eigenvalue weighted by molar-refractivity contribution is 0.224. The molecule has 0 fully saturated rings. The molecule has 2 aromatic rings. The maximum atomic E-state index is 4.86. The van der Waals surface area contributed by atoms with Crippen LogP contribution in [0.25, 0.3) is 0 Å². The molecule has 158 valence electrons. The highest BCUT2D eigenvalue weighted by molar-refractivity contribution is 14.0. The van der Waals surface area contributed by atoms with Crippen molar-refractivity contribution in [1.82, 2.24) is 30.3 Å². The molecule has 7 nitrogen and oxygen atoms in total. The van der Waals surface area contributed by atoms with Crippen LogP contribution in [-0.2, 0) is 13.0 Å². The summed E-state index contributed by atoms with van der Waals surface area (Å²) in [6, 6.07) is 2.52. The van der Waals surface area contributed by atoms with Crippen molar-refractivity contribution in [3.05, 3.63) is 34.5 Å². The fourth-order valence-corrected chi connectivity index (χ4v) is 3.82. The standard InChI is InChI=1S/C19H33N7S.HI/c1-5-18-24-23-15-26(18)11-10-21-19(20-6-2)22-13-17(25(7-3)8-4)16-9-12-27-14-16;/h9,12,14-15,17H,5-8,10-11,13H2,1-4H3,(H2,20,21,22);1H. The molecule has 0 amide bonds. The van der Waals surface area contributed by atoms with Crippen LogP contribution in [-0.4, -0.2) is 58.3 Å². The van der Waals surface area contributed by atoms with Crippen molar-refractivity contribution in [3.63, 3.8) is 0 Å². The molecule has 9 heteroatoms. The molecule has 0 aliphatic carbocycles. The van der Waals surface area contributed by atoms with E-state index in [1.807, 2.05) is 0 Å². The first-order valence-electron chi connectivity index (χ1n) is 9.88. The summed E-state index contributed by atoms with van der Waals surface area (Å²) in [5.74, 6) is 1.87. The van der Waals surface area contributed by atoms with Gasteiger partial charge in [0, 0.05) is 26.1 Å². The molecule has 2 rings (SSSR count). The van der Waals surface area contributed by atoms with Crippen molar-refractivity contribution >= 4 is 41.3 Å². The Morgan fingerprint density at radius 2 is 2.04 bits per heavy atom. The number of halogens is 1. The average Bonchev–Trinajstić information content (AvgIpc) is 3.36. The molecule has 2 N–H and O–H groups in total. The molecule has 2 heterocycles. The Kier molecular flexibility index (Phi) is 12.3. The minimum Gasteiger partial charge on any atom is -0.357 e. The van der Waals surface area contributed by atoms with Crippen molar-refractivity contribution in [2.45, 2.75) is 46.7 Å². The summed E-state index contributed by atoms with van der Waals surface area (Å²) in [4.78, 5) is 7.32. The van der Waals surface area contributed by atoms with E-state index in [4.69, 9.17) is 4.99 Å². The van der Waals surface area contributed by atoms with Gasteiger partial charge in [0.25, 0.3) is 0 Å². The Hall–Kier alpha value is -1.20. The molecule has 0 aliphatic rings. The van der Waals surface area contributed by atoms with E-state index in [1.165, 1.54) is 5.56 Å². The molecule has 1 unspecified atom stereocenters. The monoisotopic (exact) mass is 519 g/mol. The van der Waals surface area contributed by atoms with Crippen LogP contribution in [0, 0.1) is 0 Å². The number of aliphatic imine (C=N–C) groups is 1. The first-order chi connectivity index (χ1) is 13.2. The van der Waals surface area contributed by atoms with Crippen LogP contribution in [0.15, 0.2) is 28.1 Å². The van der Waals surface area contributed by atoms with Gasteiger partial charge in [-0.05, 0) is 42.4 Å². The van der Waals surface area contributed by atoms with E-state index in [-0.39, 0.29) is 24.0 Å².